The third-order valence-corrected chi connectivity index (χ3v) is 20.4. The monoisotopic (exact) mass is 1570 g/mol. The molecule has 45 heteroatoms. The number of halogens is 3. The third kappa shape index (κ3) is 31.7. The van der Waals surface area contributed by atoms with Gasteiger partial charge in [-0.3, -0.25) is 71.9 Å². The number of aliphatic hydroxyl groups excluding tert-OH is 2. The molecule has 4 aliphatic rings. The fourth-order valence-corrected chi connectivity index (χ4v) is 14.0. The second-order valence-corrected chi connectivity index (χ2v) is 29.3. The van der Waals surface area contributed by atoms with Crippen molar-refractivity contribution >= 4 is 144 Å². The highest BCUT2D eigenvalue weighted by Crippen LogP contribution is 2.26. The van der Waals surface area contributed by atoms with Crippen LogP contribution in [0.5, 0.6) is 5.75 Å². The largest absolute Gasteiger partial charge is 0.508 e. The zero-order valence-corrected chi connectivity index (χ0v) is 60.9. The van der Waals surface area contributed by atoms with Crippen LogP contribution < -0.4 is 79.8 Å². The highest BCUT2D eigenvalue weighted by Gasteiger charge is 2.40. The number of phenols is 1. The Morgan fingerprint density at radius 2 is 1.10 bits per heavy atom. The normalized spacial score (nSPS) is 26.5. The number of alkyl halides is 3. The van der Waals surface area contributed by atoms with E-state index in [1.807, 2.05) is 0 Å². The van der Waals surface area contributed by atoms with Crippen molar-refractivity contribution in [3.05, 3.63) is 29.8 Å². The van der Waals surface area contributed by atoms with E-state index in [9.17, 15) is 115 Å². The van der Waals surface area contributed by atoms with Gasteiger partial charge in [0.25, 0.3) is 0 Å². The molecular weight excluding hydrogens is 1480 g/mol. The Labute approximate surface area is 614 Å². The summed E-state index contributed by atoms with van der Waals surface area (Å²) in [5.74, 6) is -23.5. The molecule has 14 amide bonds. The minimum Gasteiger partial charge on any atom is -0.508 e. The number of aliphatic hydroxyl groups is 2. The summed E-state index contributed by atoms with van der Waals surface area (Å²) in [5.41, 5.74) is 0.383. The summed E-state index contributed by atoms with van der Waals surface area (Å²) >= 11 is 0. The number of amides is 14. The second kappa shape index (κ2) is 44.1. The molecule has 2 unspecified atom stereocenters. The highest BCUT2D eigenvalue weighted by atomic mass is 33.1. The van der Waals surface area contributed by atoms with Crippen molar-refractivity contribution in [2.24, 2.45) is 5.92 Å². The van der Waals surface area contributed by atoms with Gasteiger partial charge in [-0.25, -0.2) is 9.59 Å². The number of benzene rings is 1. The van der Waals surface area contributed by atoms with E-state index in [1.54, 1.807) is 6.92 Å². The Balaban J connectivity index is 0.00000388. The number of carboxylic acid groups (broad SMARTS) is 3. The number of carbonyl (C=O) groups is 17. The molecular formula is C60H88F3N15O23S4. The number of rotatable bonds is 16. The van der Waals surface area contributed by atoms with Crippen LogP contribution in [0.1, 0.15) is 86.1 Å². The van der Waals surface area contributed by atoms with E-state index in [2.05, 4.69) is 79.8 Å². The van der Waals surface area contributed by atoms with Crippen LogP contribution in [-0.4, -0.2) is 271 Å². The molecule has 38 nitrogen and oxygen atoms in total. The van der Waals surface area contributed by atoms with Gasteiger partial charge < -0.3 is 110 Å². The molecule has 0 aromatic heterocycles. The van der Waals surface area contributed by atoms with Gasteiger partial charge >= 0.3 is 24.1 Å². The lowest BCUT2D eigenvalue weighted by Crippen LogP contribution is -2.62. The van der Waals surface area contributed by atoms with Crippen LogP contribution in [0, 0.1) is 5.92 Å². The van der Waals surface area contributed by atoms with E-state index in [0.717, 1.165) is 35.4 Å². The number of hydrogen-bond donors (Lipinski definition) is 21. The lowest BCUT2D eigenvalue weighted by molar-refractivity contribution is -0.192. The summed E-state index contributed by atoms with van der Waals surface area (Å²) in [6.45, 7) is 7.91. The number of aromatic hydroxyl groups is 1. The first kappa shape index (κ1) is 90.3. The fourth-order valence-electron chi connectivity index (χ4n) is 9.32. The molecule has 1 aromatic carbocycles. The fraction of sp³-hybridized carbons (Fsp3) is 0.617. The predicted molar refractivity (Wildman–Crippen MR) is 370 cm³/mol. The van der Waals surface area contributed by atoms with Crippen molar-refractivity contribution in [2.75, 3.05) is 42.6 Å². The number of hydrogen-bond acceptors (Lipinski definition) is 25. The van der Waals surface area contributed by atoms with Gasteiger partial charge in [-0.1, -0.05) is 75.6 Å². The zero-order chi connectivity index (χ0) is 79.2. The van der Waals surface area contributed by atoms with Crippen LogP contribution in [0.2, 0.25) is 0 Å². The van der Waals surface area contributed by atoms with Crippen LogP contribution in [0.4, 0.5) is 13.2 Å². The van der Waals surface area contributed by atoms with Gasteiger partial charge in [0.15, 0.2) is 0 Å². The quantitative estimate of drug-likeness (QED) is 0.0541. The van der Waals surface area contributed by atoms with Gasteiger partial charge in [0.1, 0.15) is 78.3 Å². The van der Waals surface area contributed by atoms with Crippen LogP contribution in [0.3, 0.4) is 0 Å². The Kier molecular flexibility index (Phi) is 38.0. The maximum absolute atomic E-state index is 14.7. The Morgan fingerprint density at radius 3 is 1.64 bits per heavy atom. The average molecular weight is 1570 g/mol. The molecule has 105 heavy (non-hydrogen) atoms. The number of nitrogens with one attached hydrogen (secondary N) is 15. The molecule has 5 rings (SSSR count). The van der Waals surface area contributed by atoms with Crippen molar-refractivity contribution in [1.29, 1.82) is 0 Å². The van der Waals surface area contributed by atoms with Crippen molar-refractivity contribution in [3.63, 3.8) is 0 Å². The van der Waals surface area contributed by atoms with Crippen molar-refractivity contribution in [1.82, 2.24) is 79.8 Å². The first-order valence-electron chi connectivity index (χ1n) is 32.4. The Morgan fingerprint density at radius 1 is 0.600 bits per heavy atom. The van der Waals surface area contributed by atoms with Gasteiger partial charge in [0.2, 0.25) is 82.7 Å². The third-order valence-electron chi connectivity index (χ3n) is 15.6. The van der Waals surface area contributed by atoms with E-state index in [0.29, 0.717) is 46.5 Å². The molecule has 586 valence electrons. The zero-order valence-electron chi connectivity index (χ0n) is 57.6. The van der Waals surface area contributed by atoms with Gasteiger partial charge in [0.05, 0.1) is 31.3 Å². The first-order chi connectivity index (χ1) is 49.1. The summed E-state index contributed by atoms with van der Waals surface area (Å²) < 4.78 is 31.7. The molecule has 4 fully saturated rings. The summed E-state index contributed by atoms with van der Waals surface area (Å²) in [7, 11) is 2.96. The van der Waals surface area contributed by atoms with Gasteiger partial charge in [-0.2, -0.15) is 13.2 Å². The van der Waals surface area contributed by atoms with Gasteiger partial charge in [0, 0.05) is 35.9 Å². The van der Waals surface area contributed by atoms with Crippen molar-refractivity contribution in [2.45, 2.75) is 184 Å². The van der Waals surface area contributed by atoms with Crippen molar-refractivity contribution < 1.29 is 125 Å². The van der Waals surface area contributed by atoms with E-state index in [1.165, 1.54) is 52.0 Å². The average Bonchev–Trinajstić information content (AvgIpc) is 1.25. The summed E-state index contributed by atoms with van der Waals surface area (Å²) in [4.78, 5) is 229. The van der Waals surface area contributed by atoms with Crippen molar-refractivity contribution in [3.8, 4) is 5.75 Å². The maximum Gasteiger partial charge on any atom is 0.490 e. The number of fused-ring (bicyclic) bond motifs is 37. The molecule has 4 saturated heterocycles. The number of carboxylic acids is 3. The van der Waals surface area contributed by atoms with E-state index in [-0.39, 0.29) is 18.6 Å². The van der Waals surface area contributed by atoms with Crippen LogP contribution >= 0.6 is 43.2 Å². The molecule has 0 aliphatic carbocycles. The Hall–Kier alpha value is -8.92. The molecule has 0 radical (unpaired) electrons. The minimum absolute atomic E-state index is 0.137. The number of carbonyl (C=O) groups excluding carboxylic acids is 14. The maximum atomic E-state index is 14.7. The number of aliphatic carboxylic acids is 3. The molecule has 16 atom stereocenters. The minimum atomic E-state index is -5.08. The molecule has 2 bridgehead atoms. The first-order valence-corrected chi connectivity index (χ1v) is 37.4. The van der Waals surface area contributed by atoms with Crippen LogP contribution in [0.15, 0.2) is 24.3 Å². The number of phenolic OH excluding ortho intramolecular Hbond substituents is 1. The van der Waals surface area contributed by atoms with Crippen LogP contribution in [0.25, 0.3) is 0 Å². The molecule has 21 N–H and O–H groups in total. The molecule has 4 heterocycles. The molecule has 1 aromatic rings. The predicted octanol–water partition coefficient (Wildman–Crippen LogP) is -6.02. The Bertz CT molecular complexity index is 3290. The summed E-state index contributed by atoms with van der Waals surface area (Å²) in [6, 6.07) is -15.5. The summed E-state index contributed by atoms with van der Waals surface area (Å²) in [5, 5.41) is 95.2. The van der Waals surface area contributed by atoms with E-state index < -0.39 is 252 Å². The molecule has 0 spiro atoms. The van der Waals surface area contributed by atoms with E-state index >= 15 is 0 Å². The SMILES string of the molecule is CC[C@H](C)C1NC(=O)[C@H](CCC(=O)O)NC(=O)[C@@H](NC(=O)[C@@H](NC(=O)CNC(=O)[C@@H]2CCCN2)[C@@H](C)O)CSSC[C@@H]2NC(=O)[C@H](C)NC(=O)[C@H](C)NC(=O)[C@H](Cc3ccc(O)cc3)NC(=O)[C@H](C)NC(=O)[C@H](CSSC[C@@H](C(=O)O)NC(=O)CNC(=O)[C@H](C(C)O)NC2=O)NC1=O.O=C(O)C(F)(F)F. The van der Waals surface area contributed by atoms with E-state index in [4.69, 9.17) is 9.90 Å². The van der Waals surface area contributed by atoms with Gasteiger partial charge in [-0.05, 0) is 84.0 Å². The smallest absolute Gasteiger partial charge is 0.490 e. The second-order valence-electron chi connectivity index (χ2n) is 24.2. The van der Waals surface area contributed by atoms with Gasteiger partial charge in [-0.15, -0.1) is 0 Å². The standard InChI is InChI=1S/C58H87N15O21S4.C2HF3O2/c1-8-25(2)43-56(91)69-36-21-97-98-24-39(58(93)94)65-40(77)19-61-55(90)44(29(6)74)73-54(89)38(68-48(83)27(4)62-46(81)26(3)63-51(86)35(18-31-11-13-32(76)14-12-31)67-47(82)28(5)64-52(36)87)23-96-95-22-37(53(88)66-34(50(85)72-43)15-16-42(79)80)70-57(92)45(30(7)75)71-41(78)20-60-49(84)33-10-9-17-59-33;3-2(4,5)1(6)7/h11-14,25-30,33-39,43-45,59,74-76H,8-10,15-24H2,1-7H3,(H,60,84)(H,61,90)(H,62,81)(H,63,86)(H,64,87)(H,65,77)(H,66,88)(H,67,82)(H,68,83)(H,69,91)(H,70,92)(H,71,78)(H,72,85)(H,73,89)(H,79,80)(H,93,94);(H,6,7)/t25-,26-,27-,28-,29?,30+,33-,34-,35-,36-,37-,38-,39-,43?,44-,45-;/m0./s1. The highest BCUT2D eigenvalue weighted by molar-refractivity contribution is 8.77. The topological polar surface area (TPSA) is 592 Å². The van der Waals surface area contributed by atoms with Crippen LogP contribution in [-0.2, 0) is 87.9 Å². The molecule has 4 aliphatic heterocycles. The summed E-state index contributed by atoms with van der Waals surface area (Å²) in [6.07, 6.45) is -8.96. The lowest BCUT2D eigenvalue weighted by atomic mass is 9.97. The molecule has 0 saturated carbocycles. The lowest BCUT2D eigenvalue weighted by Gasteiger charge is -2.29.